The van der Waals surface area contributed by atoms with Gasteiger partial charge in [-0.25, -0.2) is 0 Å². The second-order valence-electron chi connectivity index (χ2n) is 4.11. The first-order valence-corrected chi connectivity index (χ1v) is 7.93. The molecule has 7 heteroatoms. The lowest BCUT2D eigenvalue weighted by molar-refractivity contribution is -0.147. The lowest BCUT2D eigenvalue weighted by Gasteiger charge is -2.15. The molecule has 0 saturated heterocycles. The molecule has 20 heavy (non-hydrogen) atoms. The van der Waals surface area contributed by atoms with Gasteiger partial charge in [0, 0.05) is 5.39 Å². The zero-order chi connectivity index (χ0) is 14.7. The normalized spacial score (nSPS) is 13.2. The zero-order valence-corrected chi connectivity index (χ0v) is 12.2. The van der Waals surface area contributed by atoms with Gasteiger partial charge in [-0.05, 0) is 22.9 Å². The van der Waals surface area contributed by atoms with Crippen molar-refractivity contribution in [3.63, 3.8) is 0 Å². The van der Waals surface area contributed by atoms with E-state index in [4.69, 9.17) is 21.2 Å². The predicted molar refractivity (Wildman–Crippen MR) is 77.0 cm³/mol. The molecule has 0 aliphatic rings. The molecule has 2 unspecified atom stereocenters. The number of aliphatic carboxylic acids is 1. The summed E-state index contributed by atoms with van der Waals surface area (Å²) in [6.45, 7) is 1.35. The average molecular weight is 313 g/mol. The zero-order valence-electron chi connectivity index (χ0n) is 10.6. The highest BCUT2D eigenvalue weighted by Crippen LogP contribution is 2.37. The van der Waals surface area contributed by atoms with Crippen LogP contribution in [-0.2, 0) is 9.36 Å². The first kappa shape index (κ1) is 14.7. The van der Waals surface area contributed by atoms with Gasteiger partial charge in [0.25, 0.3) is 0 Å². The van der Waals surface area contributed by atoms with Gasteiger partial charge in [-0.1, -0.05) is 36.4 Å². The quantitative estimate of drug-likeness (QED) is 0.672. The fraction of sp³-hybridized carbons (Fsp3) is 0.154. The number of carbonyl (C=O) groups is 1. The highest BCUT2D eigenvalue weighted by molar-refractivity contribution is 7.71. The Bertz CT molecular complexity index is 658. The SMILES string of the molecule is CC(C(=O)O)N(Oc1cccc2ccccc12)[P+](=O)Cl. The Balaban J connectivity index is 2.39. The highest BCUT2D eigenvalue weighted by Gasteiger charge is 2.39. The Morgan fingerprint density at radius 3 is 2.60 bits per heavy atom. The van der Waals surface area contributed by atoms with Crippen molar-refractivity contribution in [2.45, 2.75) is 13.0 Å². The largest absolute Gasteiger partial charge is 0.593 e. The van der Waals surface area contributed by atoms with E-state index in [2.05, 4.69) is 0 Å². The first-order valence-electron chi connectivity index (χ1n) is 5.81. The maximum absolute atomic E-state index is 11.5. The lowest BCUT2D eigenvalue weighted by Crippen LogP contribution is -2.35. The second kappa shape index (κ2) is 6.18. The van der Waals surface area contributed by atoms with Crippen molar-refractivity contribution < 1.29 is 19.3 Å². The van der Waals surface area contributed by atoms with Crippen LogP contribution >= 0.6 is 18.5 Å². The summed E-state index contributed by atoms with van der Waals surface area (Å²) < 4.78 is 11.5. The minimum Gasteiger partial charge on any atom is -0.480 e. The number of nitrogens with zero attached hydrogens (tertiary/aromatic N) is 1. The number of hydrogen-bond donors (Lipinski definition) is 1. The number of hydroxylamine groups is 1. The van der Waals surface area contributed by atoms with Gasteiger partial charge in [0.1, 0.15) is 4.83 Å². The summed E-state index contributed by atoms with van der Waals surface area (Å²) in [6.07, 6.45) is 0. The maximum atomic E-state index is 11.5. The third-order valence-corrected chi connectivity index (χ3v) is 3.97. The van der Waals surface area contributed by atoms with E-state index < -0.39 is 19.3 Å². The van der Waals surface area contributed by atoms with Gasteiger partial charge in [-0.3, -0.25) is 4.79 Å². The number of fused-ring (bicyclic) bond motifs is 1. The van der Waals surface area contributed by atoms with E-state index in [1.54, 1.807) is 12.1 Å². The Morgan fingerprint density at radius 1 is 1.30 bits per heavy atom. The number of hydrogen-bond acceptors (Lipinski definition) is 3. The minimum absolute atomic E-state index is 0.403. The molecule has 2 atom stereocenters. The fourth-order valence-electron chi connectivity index (χ4n) is 1.72. The van der Waals surface area contributed by atoms with Crippen LogP contribution in [0.5, 0.6) is 5.75 Å². The molecule has 0 aromatic heterocycles. The van der Waals surface area contributed by atoms with Gasteiger partial charge >= 0.3 is 13.3 Å². The van der Waals surface area contributed by atoms with Gasteiger partial charge in [0.2, 0.25) is 11.2 Å². The van der Waals surface area contributed by atoms with E-state index in [-0.39, 0.29) is 0 Å². The third-order valence-electron chi connectivity index (χ3n) is 2.79. The van der Waals surface area contributed by atoms with Crippen LogP contribution in [0.4, 0.5) is 0 Å². The minimum atomic E-state index is -2.46. The molecule has 0 spiro atoms. The first-order chi connectivity index (χ1) is 9.50. The van der Waals surface area contributed by atoms with Crippen LogP contribution in [-0.4, -0.2) is 22.0 Å². The van der Waals surface area contributed by atoms with Crippen LogP contribution in [0.1, 0.15) is 6.92 Å². The van der Waals surface area contributed by atoms with Crippen molar-refractivity contribution in [1.29, 1.82) is 0 Å². The van der Waals surface area contributed by atoms with Crippen LogP contribution in [0.2, 0.25) is 0 Å². The number of halogens is 1. The Hall–Kier alpha value is -1.68. The number of benzene rings is 2. The van der Waals surface area contributed by atoms with Crippen LogP contribution in [0.3, 0.4) is 0 Å². The van der Waals surface area contributed by atoms with Crippen LogP contribution < -0.4 is 4.84 Å². The third kappa shape index (κ3) is 3.07. The van der Waals surface area contributed by atoms with E-state index in [1.807, 2.05) is 30.3 Å². The Morgan fingerprint density at radius 2 is 1.95 bits per heavy atom. The molecule has 5 nitrogen and oxygen atoms in total. The van der Waals surface area contributed by atoms with Crippen molar-refractivity contribution >= 4 is 35.3 Å². The summed E-state index contributed by atoms with van der Waals surface area (Å²) in [6, 6.07) is 11.6. The second-order valence-corrected chi connectivity index (χ2v) is 5.83. The highest BCUT2D eigenvalue weighted by atomic mass is 35.7. The van der Waals surface area contributed by atoms with Crippen LogP contribution in [0.25, 0.3) is 10.8 Å². The molecule has 0 amide bonds. The average Bonchev–Trinajstić information content (AvgIpc) is 2.43. The Kier molecular flexibility index (Phi) is 4.55. The molecule has 2 aromatic rings. The van der Waals surface area contributed by atoms with Crippen molar-refractivity contribution in [3.8, 4) is 5.75 Å². The van der Waals surface area contributed by atoms with Gasteiger partial charge in [-0.2, -0.15) is 0 Å². The van der Waals surface area contributed by atoms with Crippen LogP contribution in [0, 0.1) is 0 Å². The lowest BCUT2D eigenvalue weighted by atomic mass is 10.1. The number of carboxylic acid groups (broad SMARTS) is 1. The predicted octanol–water partition coefficient (Wildman–Crippen LogP) is 3.80. The molecule has 104 valence electrons. The molecular weight excluding hydrogens is 301 g/mol. The van der Waals surface area contributed by atoms with E-state index in [9.17, 15) is 9.36 Å². The standard InChI is InChI=1S/C13H11ClNO4P/c1-9(13(16)17)15(20(14)18)19-12-8-4-6-10-5-2-3-7-11(10)12/h2-9H,1H3/p+1. The van der Waals surface area contributed by atoms with Gasteiger partial charge in [0.15, 0.2) is 11.8 Å². The summed E-state index contributed by atoms with van der Waals surface area (Å²) in [5.74, 6) is -0.769. The fourth-order valence-corrected chi connectivity index (χ4v) is 2.73. The van der Waals surface area contributed by atoms with Gasteiger partial charge < -0.3 is 9.94 Å². The maximum Gasteiger partial charge on any atom is 0.593 e. The van der Waals surface area contributed by atoms with Crippen molar-refractivity contribution in [3.05, 3.63) is 42.5 Å². The van der Waals surface area contributed by atoms with Crippen molar-refractivity contribution in [2.75, 3.05) is 0 Å². The molecule has 0 fully saturated rings. The van der Waals surface area contributed by atoms with Gasteiger partial charge in [-0.15, -0.1) is 0 Å². The van der Waals surface area contributed by atoms with Crippen molar-refractivity contribution in [2.24, 2.45) is 0 Å². The number of carboxylic acids is 1. The van der Waals surface area contributed by atoms with Gasteiger partial charge in [0.05, 0.1) is 0 Å². The molecule has 2 rings (SSSR count). The summed E-state index contributed by atoms with van der Waals surface area (Å²) in [5, 5.41) is 10.7. The molecule has 2 aromatic carbocycles. The molecule has 0 aliphatic heterocycles. The van der Waals surface area contributed by atoms with Crippen molar-refractivity contribution in [1.82, 2.24) is 4.83 Å². The summed E-state index contributed by atoms with van der Waals surface area (Å²) in [5.41, 5.74) is 0. The molecule has 0 bridgehead atoms. The molecule has 1 N–H and O–H groups in total. The molecular formula is C13H12ClNO4P+. The van der Waals surface area contributed by atoms with E-state index in [1.165, 1.54) is 6.92 Å². The molecule has 0 aliphatic carbocycles. The molecule has 0 radical (unpaired) electrons. The monoisotopic (exact) mass is 312 g/mol. The van der Waals surface area contributed by atoms with E-state index in [0.717, 1.165) is 15.6 Å². The van der Waals surface area contributed by atoms with E-state index in [0.29, 0.717) is 5.75 Å². The molecule has 0 heterocycles. The number of rotatable bonds is 5. The topological polar surface area (TPSA) is 66.8 Å². The van der Waals surface area contributed by atoms with Crippen LogP contribution in [0.15, 0.2) is 42.5 Å². The summed E-state index contributed by atoms with van der Waals surface area (Å²) >= 11 is 5.53. The summed E-state index contributed by atoms with van der Waals surface area (Å²) in [7, 11) is -2.46. The Labute approximate surface area is 121 Å². The van der Waals surface area contributed by atoms with E-state index >= 15 is 0 Å². The smallest absolute Gasteiger partial charge is 0.480 e. The molecule has 0 saturated carbocycles. The summed E-state index contributed by atoms with van der Waals surface area (Å²) in [4.78, 5) is 17.2.